The molecule has 0 spiro atoms. The Morgan fingerprint density at radius 2 is 1.91 bits per heavy atom. The number of hydrogen-bond acceptors (Lipinski definition) is 4. The monoisotopic (exact) mass is 296 g/mol. The quantitative estimate of drug-likeness (QED) is 0.875. The highest BCUT2D eigenvalue weighted by Crippen LogP contribution is 2.30. The van der Waals surface area contributed by atoms with E-state index in [1.807, 2.05) is 12.1 Å². The van der Waals surface area contributed by atoms with Crippen molar-refractivity contribution in [3.8, 4) is 0 Å². The average molecular weight is 296 g/mol. The summed E-state index contributed by atoms with van der Waals surface area (Å²) in [6, 6.07) is 13.8. The summed E-state index contributed by atoms with van der Waals surface area (Å²) in [6.07, 6.45) is 1.09. The van der Waals surface area contributed by atoms with Crippen molar-refractivity contribution in [1.82, 2.24) is 0 Å². The van der Waals surface area contributed by atoms with Gasteiger partial charge in [0.05, 0.1) is 12.2 Å². The van der Waals surface area contributed by atoms with Crippen LogP contribution in [0.3, 0.4) is 0 Å². The fourth-order valence-electron chi connectivity index (χ4n) is 2.72. The molecule has 0 saturated heterocycles. The van der Waals surface area contributed by atoms with Crippen LogP contribution in [-0.4, -0.2) is 26.2 Å². The van der Waals surface area contributed by atoms with Gasteiger partial charge in [0.15, 0.2) is 0 Å². The summed E-state index contributed by atoms with van der Waals surface area (Å²) in [6.45, 7) is 3.27. The minimum atomic E-state index is -0.283. The van der Waals surface area contributed by atoms with Crippen LogP contribution in [0.15, 0.2) is 42.5 Å². The molecule has 0 unspecified atom stereocenters. The van der Waals surface area contributed by atoms with Crippen molar-refractivity contribution in [2.45, 2.75) is 13.3 Å². The Kier molecular flexibility index (Phi) is 4.00. The van der Waals surface area contributed by atoms with Gasteiger partial charge in [0.2, 0.25) is 0 Å². The Morgan fingerprint density at radius 3 is 2.64 bits per heavy atom. The van der Waals surface area contributed by atoms with Crippen LogP contribution in [0.2, 0.25) is 0 Å². The number of esters is 1. The first kappa shape index (κ1) is 14.4. The number of anilines is 3. The zero-order valence-electron chi connectivity index (χ0n) is 12.9. The summed E-state index contributed by atoms with van der Waals surface area (Å²) in [5.74, 6) is -0.283. The van der Waals surface area contributed by atoms with Crippen LogP contribution in [0, 0.1) is 0 Å². The molecule has 22 heavy (non-hydrogen) atoms. The largest absolute Gasteiger partial charge is 0.462 e. The zero-order chi connectivity index (χ0) is 15.5. The molecule has 1 N–H and O–H groups in total. The molecule has 0 aromatic heterocycles. The maximum Gasteiger partial charge on any atom is 0.338 e. The molecule has 1 aliphatic rings. The molecule has 0 bridgehead atoms. The Morgan fingerprint density at radius 1 is 1.18 bits per heavy atom. The number of ether oxygens (including phenoxy) is 1. The molecular weight excluding hydrogens is 276 g/mol. The number of rotatable bonds is 4. The van der Waals surface area contributed by atoms with E-state index in [-0.39, 0.29) is 5.97 Å². The van der Waals surface area contributed by atoms with E-state index in [4.69, 9.17) is 4.74 Å². The third-order valence-corrected chi connectivity index (χ3v) is 3.89. The lowest BCUT2D eigenvalue weighted by molar-refractivity contribution is 0.0526. The molecule has 4 heteroatoms. The molecule has 1 aliphatic heterocycles. The number of nitrogens with zero attached hydrogens (tertiary/aromatic N) is 1. The summed E-state index contributed by atoms with van der Waals surface area (Å²) in [5.41, 5.74) is 5.28. The molecular formula is C18H20N2O2. The van der Waals surface area contributed by atoms with E-state index < -0.39 is 0 Å². The maximum absolute atomic E-state index is 11.6. The number of hydrogen-bond donors (Lipinski definition) is 1. The fraction of sp³-hybridized carbons (Fsp3) is 0.278. The van der Waals surface area contributed by atoms with Gasteiger partial charge >= 0.3 is 5.97 Å². The SMILES string of the molecule is CCOC(=O)c1ccc(Nc2ccc3c(c2)CCN3C)cc1. The van der Waals surface area contributed by atoms with Crippen molar-refractivity contribution in [3.63, 3.8) is 0 Å². The molecule has 114 valence electrons. The molecule has 0 aliphatic carbocycles. The van der Waals surface area contributed by atoms with Crippen LogP contribution in [-0.2, 0) is 11.2 Å². The van der Waals surface area contributed by atoms with Gasteiger partial charge in [-0.1, -0.05) is 0 Å². The van der Waals surface area contributed by atoms with Crippen LogP contribution in [0.4, 0.5) is 17.1 Å². The molecule has 0 radical (unpaired) electrons. The van der Waals surface area contributed by atoms with Gasteiger partial charge in [-0.25, -0.2) is 4.79 Å². The molecule has 0 saturated carbocycles. The minimum Gasteiger partial charge on any atom is -0.462 e. The number of likely N-dealkylation sites (N-methyl/N-ethyl adjacent to an activating group) is 1. The molecule has 2 aromatic carbocycles. The number of nitrogens with one attached hydrogen (secondary N) is 1. The molecule has 0 amide bonds. The molecule has 0 fully saturated rings. The standard InChI is InChI=1S/C18H20N2O2/c1-3-22-18(21)13-4-6-15(7-5-13)19-16-8-9-17-14(12-16)10-11-20(17)2/h4-9,12,19H,3,10-11H2,1-2H3. The van der Waals surface area contributed by atoms with Gasteiger partial charge in [-0.05, 0) is 61.4 Å². The third kappa shape index (κ3) is 2.91. The normalized spacial score (nSPS) is 12.9. The van der Waals surface area contributed by atoms with Crippen molar-refractivity contribution >= 4 is 23.0 Å². The van der Waals surface area contributed by atoms with E-state index in [1.54, 1.807) is 19.1 Å². The van der Waals surface area contributed by atoms with Gasteiger partial charge in [0.25, 0.3) is 0 Å². The summed E-state index contributed by atoms with van der Waals surface area (Å²) in [5, 5.41) is 3.38. The second kappa shape index (κ2) is 6.10. The molecule has 2 aromatic rings. The van der Waals surface area contributed by atoms with E-state index in [9.17, 15) is 4.79 Å². The van der Waals surface area contributed by atoms with Crippen molar-refractivity contribution in [3.05, 3.63) is 53.6 Å². The van der Waals surface area contributed by atoms with E-state index in [0.29, 0.717) is 12.2 Å². The molecule has 4 nitrogen and oxygen atoms in total. The highest BCUT2D eigenvalue weighted by Gasteiger charge is 2.15. The summed E-state index contributed by atoms with van der Waals surface area (Å²) >= 11 is 0. The van der Waals surface area contributed by atoms with Crippen LogP contribution in [0.1, 0.15) is 22.8 Å². The lowest BCUT2D eigenvalue weighted by atomic mass is 10.1. The molecule has 3 rings (SSSR count). The Bertz CT molecular complexity index is 680. The fourth-order valence-corrected chi connectivity index (χ4v) is 2.72. The van der Waals surface area contributed by atoms with Gasteiger partial charge < -0.3 is 15.0 Å². The topological polar surface area (TPSA) is 41.6 Å². The highest BCUT2D eigenvalue weighted by atomic mass is 16.5. The Labute approximate surface area is 130 Å². The summed E-state index contributed by atoms with van der Waals surface area (Å²) in [7, 11) is 2.12. The van der Waals surface area contributed by atoms with Gasteiger partial charge in [-0.15, -0.1) is 0 Å². The van der Waals surface area contributed by atoms with Gasteiger partial charge in [-0.2, -0.15) is 0 Å². The predicted octanol–water partition coefficient (Wildman–Crippen LogP) is 3.60. The highest BCUT2D eigenvalue weighted by molar-refractivity contribution is 5.89. The summed E-state index contributed by atoms with van der Waals surface area (Å²) < 4.78 is 4.98. The van der Waals surface area contributed by atoms with Crippen molar-refractivity contribution in [1.29, 1.82) is 0 Å². The number of carbonyl (C=O) groups is 1. The van der Waals surface area contributed by atoms with E-state index in [2.05, 4.69) is 35.5 Å². The smallest absolute Gasteiger partial charge is 0.338 e. The van der Waals surface area contributed by atoms with E-state index in [0.717, 1.165) is 24.3 Å². The van der Waals surface area contributed by atoms with Crippen molar-refractivity contribution in [2.24, 2.45) is 0 Å². The average Bonchev–Trinajstić information content (AvgIpc) is 2.89. The third-order valence-electron chi connectivity index (χ3n) is 3.89. The minimum absolute atomic E-state index is 0.283. The van der Waals surface area contributed by atoms with Crippen LogP contribution >= 0.6 is 0 Å². The predicted molar refractivity (Wildman–Crippen MR) is 89.1 cm³/mol. The number of fused-ring (bicyclic) bond motifs is 1. The van der Waals surface area contributed by atoms with Crippen LogP contribution in [0.25, 0.3) is 0 Å². The lowest BCUT2D eigenvalue weighted by Crippen LogP contribution is -2.12. The number of carbonyl (C=O) groups excluding carboxylic acids is 1. The second-order valence-corrected chi connectivity index (χ2v) is 5.44. The van der Waals surface area contributed by atoms with Crippen LogP contribution in [0.5, 0.6) is 0 Å². The van der Waals surface area contributed by atoms with E-state index in [1.165, 1.54) is 11.3 Å². The summed E-state index contributed by atoms with van der Waals surface area (Å²) in [4.78, 5) is 13.9. The first-order valence-electron chi connectivity index (χ1n) is 7.55. The van der Waals surface area contributed by atoms with Gasteiger partial charge in [0.1, 0.15) is 0 Å². The van der Waals surface area contributed by atoms with Gasteiger partial charge in [0, 0.05) is 30.7 Å². The zero-order valence-corrected chi connectivity index (χ0v) is 12.9. The van der Waals surface area contributed by atoms with Crippen molar-refractivity contribution < 1.29 is 9.53 Å². The van der Waals surface area contributed by atoms with Crippen LogP contribution < -0.4 is 10.2 Å². The molecule has 0 atom stereocenters. The first-order valence-corrected chi connectivity index (χ1v) is 7.55. The molecule has 1 heterocycles. The lowest BCUT2D eigenvalue weighted by Gasteiger charge is -2.13. The first-order chi connectivity index (χ1) is 10.7. The Hall–Kier alpha value is -2.49. The second-order valence-electron chi connectivity index (χ2n) is 5.44. The number of benzene rings is 2. The maximum atomic E-state index is 11.6. The Balaban J connectivity index is 1.72. The van der Waals surface area contributed by atoms with E-state index >= 15 is 0 Å². The van der Waals surface area contributed by atoms with Gasteiger partial charge in [-0.3, -0.25) is 0 Å². The van der Waals surface area contributed by atoms with Crippen molar-refractivity contribution in [2.75, 3.05) is 30.4 Å².